The third-order valence-corrected chi connectivity index (χ3v) is 6.08. The molecule has 152 valence electrons. The first-order chi connectivity index (χ1) is 14.4. The number of carbonyl (C=O) groups excluding carboxylic acids is 1. The number of benzene rings is 2. The summed E-state index contributed by atoms with van der Waals surface area (Å²) in [7, 11) is 1.75. The molecule has 0 fully saturated rings. The molecule has 30 heavy (non-hydrogen) atoms. The number of carbonyl (C=O) groups is 1. The van der Waals surface area contributed by atoms with Crippen molar-refractivity contribution in [3.8, 4) is 11.1 Å². The van der Waals surface area contributed by atoms with Gasteiger partial charge in [0.2, 0.25) is 5.91 Å². The van der Waals surface area contributed by atoms with Crippen LogP contribution in [-0.4, -0.2) is 27.4 Å². The van der Waals surface area contributed by atoms with Gasteiger partial charge in [0.05, 0.1) is 11.7 Å². The van der Waals surface area contributed by atoms with Gasteiger partial charge in [-0.05, 0) is 25.0 Å². The largest absolute Gasteiger partial charge is 0.340 e. The van der Waals surface area contributed by atoms with Gasteiger partial charge in [0, 0.05) is 24.5 Å². The molecule has 0 atom stereocenters. The van der Waals surface area contributed by atoms with Crippen LogP contribution in [0.2, 0.25) is 0 Å². The van der Waals surface area contributed by atoms with Crippen LogP contribution < -0.4 is 5.56 Å². The second-order valence-electron chi connectivity index (χ2n) is 7.61. The molecule has 5 nitrogen and oxygen atoms in total. The fraction of sp³-hybridized carbons (Fsp3) is 0.208. The van der Waals surface area contributed by atoms with Crippen LogP contribution in [0.25, 0.3) is 21.3 Å². The third kappa shape index (κ3) is 4.04. The maximum atomic E-state index is 13.2. The van der Waals surface area contributed by atoms with Gasteiger partial charge in [-0.15, -0.1) is 11.3 Å². The van der Waals surface area contributed by atoms with E-state index >= 15 is 0 Å². The Morgan fingerprint density at radius 1 is 1.03 bits per heavy atom. The van der Waals surface area contributed by atoms with Crippen molar-refractivity contribution in [3.05, 3.63) is 87.3 Å². The first-order valence-electron chi connectivity index (χ1n) is 9.75. The highest BCUT2D eigenvalue weighted by Crippen LogP contribution is 2.30. The number of rotatable bonds is 5. The van der Waals surface area contributed by atoms with E-state index < -0.39 is 0 Å². The van der Waals surface area contributed by atoms with Gasteiger partial charge in [0.15, 0.2) is 0 Å². The van der Waals surface area contributed by atoms with E-state index in [0.29, 0.717) is 16.8 Å². The van der Waals surface area contributed by atoms with Gasteiger partial charge in [-0.3, -0.25) is 14.2 Å². The zero-order valence-corrected chi connectivity index (χ0v) is 18.1. The SMILES string of the molecule is Cc1ccc(CN(C)C(=O)Cn2cnc3scc(-c4ccc(C)cc4)c3c2=O)cc1. The molecule has 0 spiro atoms. The Morgan fingerprint density at radius 2 is 1.67 bits per heavy atom. The second kappa shape index (κ2) is 8.24. The van der Waals surface area contributed by atoms with Gasteiger partial charge in [0.1, 0.15) is 11.4 Å². The average Bonchev–Trinajstić information content (AvgIpc) is 3.17. The first kappa shape index (κ1) is 20.0. The van der Waals surface area contributed by atoms with Gasteiger partial charge < -0.3 is 4.90 Å². The predicted octanol–water partition coefficient (Wildman–Crippen LogP) is 4.40. The van der Waals surface area contributed by atoms with Gasteiger partial charge >= 0.3 is 0 Å². The maximum absolute atomic E-state index is 13.2. The molecule has 6 heteroatoms. The van der Waals surface area contributed by atoms with Gasteiger partial charge in [0.25, 0.3) is 5.56 Å². The lowest BCUT2D eigenvalue weighted by atomic mass is 10.1. The summed E-state index contributed by atoms with van der Waals surface area (Å²) >= 11 is 1.44. The van der Waals surface area contributed by atoms with Gasteiger partial charge in [-0.25, -0.2) is 4.98 Å². The highest BCUT2D eigenvalue weighted by atomic mass is 32.1. The highest BCUT2D eigenvalue weighted by molar-refractivity contribution is 7.17. The minimum Gasteiger partial charge on any atom is -0.340 e. The van der Waals surface area contributed by atoms with Crippen LogP contribution in [0.5, 0.6) is 0 Å². The summed E-state index contributed by atoms with van der Waals surface area (Å²) in [4.78, 5) is 32.7. The van der Waals surface area contributed by atoms with Crippen LogP contribution >= 0.6 is 11.3 Å². The first-order valence-corrected chi connectivity index (χ1v) is 10.6. The molecule has 2 heterocycles. The van der Waals surface area contributed by atoms with Crippen molar-refractivity contribution in [1.29, 1.82) is 0 Å². The maximum Gasteiger partial charge on any atom is 0.263 e. The number of amides is 1. The Kier molecular flexibility index (Phi) is 5.50. The smallest absolute Gasteiger partial charge is 0.263 e. The predicted molar refractivity (Wildman–Crippen MR) is 122 cm³/mol. The topological polar surface area (TPSA) is 55.2 Å². The monoisotopic (exact) mass is 417 g/mol. The molecule has 4 aromatic rings. The van der Waals surface area contributed by atoms with Crippen LogP contribution in [0.1, 0.15) is 16.7 Å². The quantitative estimate of drug-likeness (QED) is 0.484. The lowest BCUT2D eigenvalue weighted by Crippen LogP contribution is -2.33. The molecule has 0 unspecified atom stereocenters. The Balaban J connectivity index is 1.59. The lowest BCUT2D eigenvalue weighted by Gasteiger charge is -2.18. The van der Waals surface area contributed by atoms with E-state index in [1.54, 1.807) is 11.9 Å². The normalized spacial score (nSPS) is 11.0. The van der Waals surface area contributed by atoms with Crippen molar-refractivity contribution >= 4 is 27.5 Å². The molecule has 0 aliphatic heterocycles. The van der Waals surface area contributed by atoms with E-state index in [1.165, 1.54) is 27.8 Å². The standard InChI is InChI=1S/C24H23N3O2S/c1-16-4-8-18(9-5-16)12-26(3)21(28)13-27-15-25-23-22(24(27)29)20(14-30-23)19-10-6-17(2)7-11-19/h4-11,14-15H,12-13H2,1-3H3. The molecular formula is C24H23N3O2S. The van der Waals surface area contributed by atoms with E-state index in [-0.39, 0.29) is 18.0 Å². The number of thiophene rings is 1. The molecule has 0 aliphatic carbocycles. The van der Waals surface area contributed by atoms with Crippen LogP contribution in [-0.2, 0) is 17.9 Å². The number of fused-ring (bicyclic) bond motifs is 1. The van der Waals surface area contributed by atoms with Gasteiger partial charge in [-0.1, -0.05) is 59.7 Å². The molecule has 0 saturated heterocycles. The summed E-state index contributed by atoms with van der Waals surface area (Å²) in [6.45, 7) is 4.52. The van der Waals surface area contributed by atoms with E-state index in [9.17, 15) is 9.59 Å². The van der Waals surface area contributed by atoms with Crippen molar-refractivity contribution < 1.29 is 4.79 Å². The molecule has 1 amide bonds. The zero-order chi connectivity index (χ0) is 21.3. The van der Waals surface area contributed by atoms with E-state index in [4.69, 9.17) is 0 Å². The average molecular weight is 418 g/mol. The molecule has 0 N–H and O–H groups in total. The van der Waals surface area contributed by atoms with Crippen molar-refractivity contribution in [3.63, 3.8) is 0 Å². The summed E-state index contributed by atoms with van der Waals surface area (Å²) in [5, 5.41) is 2.53. The molecule has 0 radical (unpaired) electrons. The van der Waals surface area contributed by atoms with E-state index in [0.717, 1.165) is 22.3 Å². The molecule has 0 bridgehead atoms. The van der Waals surface area contributed by atoms with Crippen molar-refractivity contribution in [2.24, 2.45) is 0 Å². The third-order valence-electron chi connectivity index (χ3n) is 5.19. The summed E-state index contributed by atoms with van der Waals surface area (Å²) in [5.41, 5.74) is 5.05. The molecule has 2 aromatic carbocycles. The van der Waals surface area contributed by atoms with Crippen molar-refractivity contribution in [1.82, 2.24) is 14.5 Å². The van der Waals surface area contributed by atoms with Crippen LogP contribution in [0.4, 0.5) is 0 Å². The molecular weight excluding hydrogens is 394 g/mol. The number of nitrogens with zero attached hydrogens (tertiary/aromatic N) is 3. The fourth-order valence-corrected chi connectivity index (χ4v) is 4.25. The van der Waals surface area contributed by atoms with E-state index in [2.05, 4.69) is 4.98 Å². The summed E-state index contributed by atoms with van der Waals surface area (Å²) in [6.07, 6.45) is 1.47. The van der Waals surface area contributed by atoms with E-state index in [1.807, 2.05) is 67.8 Å². The van der Waals surface area contributed by atoms with Crippen molar-refractivity contribution in [2.75, 3.05) is 7.05 Å². The molecule has 4 rings (SSSR count). The number of hydrogen-bond donors (Lipinski definition) is 0. The minimum atomic E-state index is -0.186. The number of hydrogen-bond acceptors (Lipinski definition) is 4. The summed E-state index contributed by atoms with van der Waals surface area (Å²) in [5.74, 6) is -0.133. The van der Waals surface area contributed by atoms with Crippen LogP contribution in [0, 0.1) is 13.8 Å². The Hall–Kier alpha value is -3.25. The second-order valence-corrected chi connectivity index (χ2v) is 8.47. The molecule has 0 saturated carbocycles. The fourth-order valence-electron chi connectivity index (χ4n) is 3.35. The zero-order valence-electron chi connectivity index (χ0n) is 17.3. The minimum absolute atomic E-state index is 0.0344. The number of aryl methyl sites for hydroxylation is 2. The Bertz CT molecular complexity index is 1250. The lowest BCUT2D eigenvalue weighted by molar-refractivity contribution is -0.131. The van der Waals surface area contributed by atoms with Gasteiger partial charge in [-0.2, -0.15) is 0 Å². The Morgan fingerprint density at radius 3 is 2.33 bits per heavy atom. The summed E-state index contributed by atoms with van der Waals surface area (Å²) in [6, 6.07) is 16.1. The van der Waals surface area contributed by atoms with Crippen LogP contribution in [0.3, 0.4) is 0 Å². The number of aromatic nitrogens is 2. The number of likely N-dealkylation sites (N-methyl/N-ethyl adjacent to an activating group) is 1. The summed E-state index contributed by atoms with van der Waals surface area (Å²) < 4.78 is 1.40. The van der Waals surface area contributed by atoms with Crippen molar-refractivity contribution in [2.45, 2.75) is 26.9 Å². The Labute approximate surface area is 179 Å². The highest BCUT2D eigenvalue weighted by Gasteiger charge is 2.16. The van der Waals surface area contributed by atoms with Crippen LogP contribution in [0.15, 0.2) is 65.0 Å². The molecule has 2 aromatic heterocycles. The molecule has 0 aliphatic rings.